The Bertz CT molecular complexity index is 380. The van der Waals surface area contributed by atoms with Gasteiger partial charge in [-0.2, -0.15) is 0 Å². The van der Waals surface area contributed by atoms with Gasteiger partial charge in [0.1, 0.15) is 6.04 Å². The summed E-state index contributed by atoms with van der Waals surface area (Å²) in [7, 11) is 0. The van der Waals surface area contributed by atoms with Crippen LogP contribution in [-0.2, 0) is 4.79 Å². The van der Waals surface area contributed by atoms with Crippen LogP contribution in [0.5, 0.6) is 0 Å². The van der Waals surface area contributed by atoms with Crippen molar-refractivity contribution in [3.63, 3.8) is 0 Å². The maximum absolute atomic E-state index is 12.4. The second-order valence-electron chi connectivity index (χ2n) is 5.80. The number of aliphatic hydroxyl groups excluding tert-OH is 1. The largest absolute Gasteiger partial charge is 0.480 e. The van der Waals surface area contributed by atoms with Crippen molar-refractivity contribution in [1.82, 2.24) is 14.7 Å². The van der Waals surface area contributed by atoms with E-state index in [4.69, 9.17) is 5.11 Å². The molecule has 2 rings (SSSR count). The molecule has 2 atom stereocenters. The smallest absolute Gasteiger partial charge is 0.326 e. The number of piperazine rings is 1. The van der Waals surface area contributed by atoms with Gasteiger partial charge in [-0.05, 0) is 13.8 Å². The Hall–Kier alpha value is -1.34. The van der Waals surface area contributed by atoms with Gasteiger partial charge in [0.2, 0.25) is 0 Å². The number of urea groups is 1. The van der Waals surface area contributed by atoms with Gasteiger partial charge in [0.25, 0.3) is 0 Å². The standard InChI is InChI=1S/C13H23N3O4/c1-9(2)14-3-5-15(6-4-14)13(20)16-8-10(17)7-11(16)12(18)19/h9-11,17H,3-8H2,1-2H3,(H,18,19)/t10-,11-/m0/s1. The van der Waals surface area contributed by atoms with E-state index < -0.39 is 18.1 Å². The molecule has 7 heteroatoms. The highest BCUT2D eigenvalue weighted by molar-refractivity contribution is 5.83. The third kappa shape index (κ3) is 3.04. The van der Waals surface area contributed by atoms with Gasteiger partial charge in [-0.25, -0.2) is 9.59 Å². The zero-order valence-electron chi connectivity index (χ0n) is 12.0. The van der Waals surface area contributed by atoms with E-state index >= 15 is 0 Å². The summed E-state index contributed by atoms with van der Waals surface area (Å²) in [5, 5.41) is 18.7. The van der Waals surface area contributed by atoms with E-state index in [2.05, 4.69) is 18.7 Å². The average molecular weight is 285 g/mol. The van der Waals surface area contributed by atoms with Crippen molar-refractivity contribution in [3.8, 4) is 0 Å². The summed E-state index contributed by atoms with van der Waals surface area (Å²) in [6, 6.07) is -0.717. The predicted molar refractivity (Wildman–Crippen MR) is 72.4 cm³/mol. The zero-order chi connectivity index (χ0) is 14.9. The molecule has 0 bridgehead atoms. The van der Waals surface area contributed by atoms with E-state index in [1.165, 1.54) is 4.90 Å². The first-order valence-electron chi connectivity index (χ1n) is 7.10. The fourth-order valence-corrected chi connectivity index (χ4v) is 2.87. The quantitative estimate of drug-likeness (QED) is 0.724. The van der Waals surface area contributed by atoms with E-state index in [-0.39, 0.29) is 19.0 Å². The Morgan fingerprint density at radius 1 is 1.15 bits per heavy atom. The van der Waals surface area contributed by atoms with Crippen LogP contribution in [0.15, 0.2) is 0 Å². The number of carboxylic acids is 1. The minimum Gasteiger partial charge on any atom is -0.480 e. The van der Waals surface area contributed by atoms with E-state index in [1.54, 1.807) is 4.90 Å². The fourth-order valence-electron chi connectivity index (χ4n) is 2.87. The lowest BCUT2D eigenvalue weighted by atomic mass is 10.2. The molecular formula is C13H23N3O4. The molecule has 2 saturated heterocycles. The second kappa shape index (κ2) is 5.97. The normalized spacial score (nSPS) is 28.2. The van der Waals surface area contributed by atoms with Crippen molar-refractivity contribution in [2.75, 3.05) is 32.7 Å². The number of carboxylic acid groups (broad SMARTS) is 1. The molecule has 2 aliphatic heterocycles. The van der Waals surface area contributed by atoms with Crippen LogP contribution in [0.25, 0.3) is 0 Å². The fraction of sp³-hybridized carbons (Fsp3) is 0.846. The van der Waals surface area contributed by atoms with Gasteiger partial charge in [0.05, 0.1) is 6.10 Å². The zero-order valence-corrected chi connectivity index (χ0v) is 12.0. The number of hydrogen-bond donors (Lipinski definition) is 2. The minimum absolute atomic E-state index is 0.111. The highest BCUT2D eigenvalue weighted by Gasteiger charge is 2.41. The number of likely N-dealkylation sites (tertiary alicyclic amines) is 1. The number of carbonyl (C=O) groups is 2. The number of aliphatic carboxylic acids is 1. The summed E-state index contributed by atoms with van der Waals surface area (Å²) >= 11 is 0. The van der Waals surface area contributed by atoms with Gasteiger partial charge in [0.15, 0.2) is 0 Å². The molecule has 0 aromatic heterocycles. The van der Waals surface area contributed by atoms with Crippen LogP contribution >= 0.6 is 0 Å². The van der Waals surface area contributed by atoms with Gasteiger partial charge < -0.3 is 20.0 Å². The monoisotopic (exact) mass is 285 g/mol. The summed E-state index contributed by atoms with van der Waals surface area (Å²) in [6.45, 7) is 7.17. The topological polar surface area (TPSA) is 84.3 Å². The third-order valence-corrected chi connectivity index (χ3v) is 4.12. The molecule has 2 amide bonds. The van der Waals surface area contributed by atoms with Crippen LogP contribution in [-0.4, -0.2) is 87.8 Å². The summed E-state index contributed by atoms with van der Waals surface area (Å²) < 4.78 is 0. The molecule has 7 nitrogen and oxygen atoms in total. The number of aliphatic hydroxyl groups is 1. The molecule has 0 saturated carbocycles. The SMILES string of the molecule is CC(C)N1CCN(C(=O)N2C[C@@H](O)C[C@H]2C(=O)O)CC1. The Balaban J connectivity index is 1.96. The van der Waals surface area contributed by atoms with Gasteiger partial charge >= 0.3 is 12.0 Å². The molecule has 0 radical (unpaired) electrons. The molecule has 0 aromatic rings. The van der Waals surface area contributed by atoms with E-state index in [1.807, 2.05) is 0 Å². The molecule has 114 valence electrons. The van der Waals surface area contributed by atoms with Gasteiger partial charge in [-0.1, -0.05) is 0 Å². The number of nitrogens with zero attached hydrogens (tertiary/aromatic N) is 3. The highest BCUT2D eigenvalue weighted by atomic mass is 16.4. The molecule has 0 aromatic carbocycles. The van der Waals surface area contributed by atoms with E-state index in [9.17, 15) is 14.7 Å². The Morgan fingerprint density at radius 3 is 2.25 bits per heavy atom. The Morgan fingerprint density at radius 2 is 1.75 bits per heavy atom. The molecule has 20 heavy (non-hydrogen) atoms. The number of carbonyl (C=O) groups excluding carboxylic acids is 1. The predicted octanol–water partition coefficient (Wildman–Crippen LogP) is -0.348. The number of hydrogen-bond acceptors (Lipinski definition) is 4. The number of amides is 2. The first-order valence-corrected chi connectivity index (χ1v) is 7.10. The van der Waals surface area contributed by atoms with Crippen molar-refractivity contribution in [3.05, 3.63) is 0 Å². The number of rotatable bonds is 2. The van der Waals surface area contributed by atoms with Crippen LogP contribution in [0.4, 0.5) is 4.79 Å². The van der Waals surface area contributed by atoms with Crippen LogP contribution in [0, 0.1) is 0 Å². The molecule has 2 fully saturated rings. The lowest BCUT2D eigenvalue weighted by Crippen LogP contribution is -2.55. The van der Waals surface area contributed by atoms with Crippen LogP contribution in [0.2, 0.25) is 0 Å². The average Bonchev–Trinajstić information content (AvgIpc) is 2.80. The first-order chi connectivity index (χ1) is 9.40. The molecule has 2 heterocycles. The second-order valence-corrected chi connectivity index (χ2v) is 5.80. The van der Waals surface area contributed by atoms with Gasteiger partial charge in [-0.15, -0.1) is 0 Å². The summed E-state index contributed by atoms with van der Waals surface area (Å²) in [4.78, 5) is 28.8. The molecule has 2 N–H and O–H groups in total. The van der Waals surface area contributed by atoms with Crippen molar-refractivity contribution >= 4 is 12.0 Å². The van der Waals surface area contributed by atoms with Gasteiger partial charge in [0, 0.05) is 45.2 Å². The van der Waals surface area contributed by atoms with Crippen molar-refractivity contribution in [1.29, 1.82) is 0 Å². The first kappa shape index (κ1) is 15.1. The Labute approximate surface area is 118 Å². The maximum atomic E-state index is 12.4. The van der Waals surface area contributed by atoms with Crippen LogP contribution in [0.3, 0.4) is 0 Å². The molecule has 0 spiro atoms. The van der Waals surface area contributed by atoms with Crippen molar-refractivity contribution in [2.45, 2.75) is 38.5 Å². The van der Waals surface area contributed by atoms with Crippen molar-refractivity contribution < 1.29 is 19.8 Å². The summed E-state index contributed by atoms with van der Waals surface area (Å²) in [5.41, 5.74) is 0. The molecule has 2 aliphatic rings. The van der Waals surface area contributed by atoms with Gasteiger partial charge in [-0.3, -0.25) is 4.90 Å². The summed E-state index contributed by atoms with van der Waals surface area (Å²) in [6.07, 6.45) is -0.621. The van der Waals surface area contributed by atoms with Crippen LogP contribution < -0.4 is 0 Å². The lowest BCUT2D eigenvalue weighted by molar-refractivity contribution is -0.141. The maximum Gasteiger partial charge on any atom is 0.326 e. The third-order valence-electron chi connectivity index (χ3n) is 4.12. The molecule has 0 unspecified atom stereocenters. The highest BCUT2D eigenvalue weighted by Crippen LogP contribution is 2.20. The van der Waals surface area contributed by atoms with E-state index in [0.717, 1.165) is 13.1 Å². The molecule has 0 aliphatic carbocycles. The van der Waals surface area contributed by atoms with Crippen molar-refractivity contribution in [2.24, 2.45) is 0 Å². The minimum atomic E-state index is -1.05. The summed E-state index contributed by atoms with van der Waals surface area (Å²) in [5.74, 6) is -1.05. The Kier molecular flexibility index (Phi) is 4.49. The number of β-amino-alcohol motifs (C(OH)–C–C–N with tert-alkyl or cyclic N) is 1. The lowest BCUT2D eigenvalue weighted by Gasteiger charge is -2.39. The van der Waals surface area contributed by atoms with E-state index in [0.29, 0.717) is 19.1 Å². The van der Waals surface area contributed by atoms with Crippen LogP contribution in [0.1, 0.15) is 20.3 Å². The molecular weight excluding hydrogens is 262 g/mol.